The number of fused-ring (bicyclic) bond motifs is 5. The van der Waals surface area contributed by atoms with Gasteiger partial charge in [-0.2, -0.15) is 18.4 Å². The number of rotatable bonds is 1. The van der Waals surface area contributed by atoms with Crippen molar-refractivity contribution in [2.75, 3.05) is 4.90 Å². The van der Waals surface area contributed by atoms with Crippen molar-refractivity contribution in [3.63, 3.8) is 0 Å². The van der Waals surface area contributed by atoms with Crippen LogP contribution in [0.15, 0.2) is 18.2 Å². The molecule has 2 amide bonds. The van der Waals surface area contributed by atoms with Gasteiger partial charge >= 0.3 is 6.18 Å². The van der Waals surface area contributed by atoms with Crippen molar-refractivity contribution < 1.29 is 42.1 Å². The molecular weight excluding hydrogens is 400 g/mol. The molecule has 3 saturated heterocycles. The summed E-state index contributed by atoms with van der Waals surface area (Å²) in [6.45, 7) is 2.19. The SMILES string of the molecule is C[C@@]12O[C@@](C)([C@@H]3C(=O)N(c4ccc(C#N)c(C(F)(F)F)c4)C(=O)[C@@H]31)C(O)(O)[C@H]2F. The predicted octanol–water partition coefficient (Wildman–Crippen LogP) is 1.26. The molecule has 1 aromatic carbocycles. The Morgan fingerprint density at radius 3 is 2.31 bits per heavy atom. The second-order valence-corrected chi connectivity index (χ2v) is 7.79. The number of alkyl halides is 4. The number of ether oxygens (including phenoxy) is 1. The summed E-state index contributed by atoms with van der Waals surface area (Å²) in [7, 11) is 0. The standard InChI is InChI=1S/C18H14F4N2O5/c1-15-10-11(16(2,29-15)17(27,28)14(15)19)13(26)24(12(10)25)8-4-3-7(6-23)9(5-8)18(20,21)22/h3-5,10-11,14,27-28H,1-2H3/t10-,11+,14+,15-,16+/m1/s1. The molecule has 2 N–H and O–H groups in total. The first-order chi connectivity index (χ1) is 13.2. The molecule has 11 heteroatoms. The molecular formula is C18H14F4N2O5. The van der Waals surface area contributed by atoms with Crippen LogP contribution in [-0.2, 0) is 20.5 Å². The van der Waals surface area contributed by atoms with Gasteiger partial charge in [-0.05, 0) is 32.0 Å². The molecule has 0 aliphatic carbocycles. The second-order valence-electron chi connectivity index (χ2n) is 7.79. The fraction of sp³-hybridized carbons (Fsp3) is 0.500. The molecule has 0 aromatic heterocycles. The fourth-order valence-corrected chi connectivity index (χ4v) is 4.81. The maximum absolute atomic E-state index is 14.7. The highest BCUT2D eigenvalue weighted by Crippen LogP contribution is 2.64. The van der Waals surface area contributed by atoms with Crippen LogP contribution >= 0.6 is 0 Å². The number of benzene rings is 1. The van der Waals surface area contributed by atoms with Crippen molar-refractivity contribution >= 4 is 17.5 Å². The van der Waals surface area contributed by atoms with Gasteiger partial charge < -0.3 is 14.9 Å². The molecule has 3 heterocycles. The Kier molecular flexibility index (Phi) is 3.63. The summed E-state index contributed by atoms with van der Waals surface area (Å²) in [5.74, 6) is -8.08. The van der Waals surface area contributed by atoms with Crippen LogP contribution < -0.4 is 4.90 Å². The van der Waals surface area contributed by atoms with Crippen LogP contribution in [0, 0.1) is 23.2 Å². The second kappa shape index (κ2) is 5.33. The fourth-order valence-electron chi connectivity index (χ4n) is 4.81. The van der Waals surface area contributed by atoms with Gasteiger partial charge in [-0.25, -0.2) is 9.29 Å². The Labute approximate surface area is 161 Å². The first-order valence-corrected chi connectivity index (χ1v) is 8.50. The van der Waals surface area contributed by atoms with E-state index >= 15 is 0 Å². The molecule has 1 aromatic rings. The number of carbonyl (C=O) groups excluding carboxylic acids is 2. The van der Waals surface area contributed by atoms with Gasteiger partial charge in [-0.1, -0.05) is 0 Å². The summed E-state index contributed by atoms with van der Waals surface area (Å²) < 4.78 is 59.9. The van der Waals surface area contributed by atoms with Crippen molar-refractivity contribution in [1.29, 1.82) is 5.26 Å². The average molecular weight is 414 g/mol. The number of hydrogen-bond acceptors (Lipinski definition) is 6. The molecule has 7 nitrogen and oxygen atoms in total. The number of aliphatic hydroxyl groups is 2. The molecule has 29 heavy (non-hydrogen) atoms. The van der Waals surface area contributed by atoms with Gasteiger partial charge in [-0.15, -0.1) is 0 Å². The zero-order valence-electron chi connectivity index (χ0n) is 15.0. The highest BCUT2D eigenvalue weighted by atomic mass is 19.4. The summed E-state index contributed by atoms with van der Waals surface area (Å²) in [5.41, 5.74) is -6.72. The minimum absolute atomic E-state index is 0.454. The molecule has 4 rings (SSSR count). The van der Waals surface area contributed by atoms with Gasteiger partial charge in [0, 0.05) is 0 Å². The number of halogens is 4. The van der Waals surface area contributed by atoms with E-state index in [1.165, 1.54) is 6.07 Å². The average Bonchev–Trinajstić information content (AvgIpc) is 3.09. The van der Waals surface area contributed by atoms with Crippen molar-refractivity contribution in [3.8, 4) is 6.07 Å². The van der Waals surface area contributed by atoms with Gasteiger partial charge in [0.2, 0.25) is 17.6 Å². The number of amides is 2. The lowest BCUT2D eigenvalue weighted by atomic mass is 9.65. The zero-order chi connectivity index (χ0) is 21.7. The monoisotopic (exact) mass is 414 g/mol. The van der Waals surface area contributed by atoms with Crippen LogP contribution in [0.25, 0.3) is 0 Å². The Morgan fingerprint density at radius 1 is 1.17 bits per heavy atom. The van der Waals surface area contributed by atoms with Crippen molar-refractivity contribution in [1.82, 2.24) is 0 Å². The highest BCUT2D eigenvalue weighted by Gasteiger charge is 2.85. The van der Waals surface area contributed by atoms with E-state index in [9.17, 15) is 37.4 Å². The molecule has 0 radical (unpaired) electrons. The van der Waals surface area contributed by atoms with Crippen LogP contribution in [0.1, 0.15) is 25.0 Å². The minimum atomic E-state index is -4.92. The quantitative estimate of drug-likeness (QED) is 0.407. The summed E-state index contributed by atoms with van der Waals surface area (Å²) in [5, 5.41) is 29.3. The number of hydrogen-bond donors (Lipinski definition) is 2. The molecule has 5 atom stereocenters. The normalized spacial score (nSPS) is 37.8. The maximum atomic E-state index is 14.7. The van der Waals surface area contributed by atoms with E-state index in [1.54, 1.807) is 0 Å². The van der Waals surface area contributed by atoms with E-state index in [-0.39, 0.29) is 0 Å². The molecule has 0 unspecified atom stereocenters. The van der Waals surface area contributed by atoms with Crippen LogP contribution in [0.4, 0.5) is 23.2 Å². The van der Waals surface area contributed by atoms with Gasteiger partial charge in [0.1, 0.15) is 11.2 Å². The lowest BCUT2D eigenvalue weighted by Crippen LogP contribution is -2.64. The van der Waals surface area contributed by atoms with E-state index in [1.807, 2.05) is 0 Å². The van der Waals surface area contributed by atoms with Gasteiger partial charge in [0.05, 0.1) is 34.7 Å². The largest absolute Gasteiger partial charge is 0.417 e. The van der Waals surface area contributed by atoms with E-state index < -0.39 is 69.8 Å². The van der Waals surface area contributed by atoms with E-state index in [2.05, 4.69) is 0 Å². The van der Waals surface area contributed by atoms with Gasteiger partial charge in [-0.3, -0.25) is 9.59 Å². The van der Waals surface area contributed by atoms with Crippen molar-refractivity contribution in [3.05, 3.63) is 29.3 Å². The third kappa shape index (κ3) is 2.11. The first-order valence-electron chi connectivity index (χ1n) is 8.50. The summed E-state index contributed by atoms with van der Waals surface area (Å²) in [6, 6.07) is 3.70. The number of imide groups is 1. The van der Waals surface area contributed by atoms with Gasteiger partial charge in [0.15, 0.2) is 6.17 Å². The molecule has 0 saturated carbocycles. The van der Waals surface area contributed by atoms with Crippen LogP contribution in [0.2, 0.25) is 0 Å². The molecule has 3 fully saturated rings. The molecule has 2 bridgehead atoms. The number of nitriles is 1. The van der Waals surface area contributed by atoms with Crippen LogP contribution in [-0.4, -0.2) is 45.2 Å². The number of anilines is 1. The third-order valence-corrected chi connectivity index (χ3v) is 6.22. The Bertz CT molecular complexity index is 1000. The van der Waals surface area contributed by atoms with Crippen molar-refractivity contribution in [2.24, 2.45) is 11.8 Å². The number of carbonyl (C=O) groups is 2. The van der Waals surface area contributed by atoms with E-state index in [4.69, 9.17) is 10.00 Å². The molecule has 154 valence electrons. The smallest absolute Gasteiger partial charge is 0.361 e. The molecule has 3 aliphatic rings. The Hall–Kier alpha value is -2.55. The number of nitrogens with zero attached hydrogens (tertiary/aromatic N) is 2. The minimum Gasteiger partial charge on any atom is -0.361 e. The zero-order valence-corrected chi connectivity index (χ0v) is 15.0. The third-order valence-electron chi connectivity index (χ3n) is 6.22. The van der Waals surface area contributed by atoms with E-state index in [0.29, 0.717) is 11.0 Å². The molecule has 0 spiro atoms. The Balaban J connectivity index is 1.84. The topological polar surface area (TPSA) is 111 Å². The lowest BCUT2D eigenvalue weighted by Gasteiger charge is -2.40. The van der Waals surface area contributed by atoms with Crippen molar-refractivity contribution in [2.45, 2.75) is 43.2 Å². The summed E-state index contributed by atoms with van der Waals surface area (Å²) >= 11 is 0. The predicted molar refractivity (Wildman–Crippen MR) is 85.6 cm³/mol. The lowest BCUT2D eigenvalue weighted by molar-refractivity contribution is -0.266. The molecule has 3 aliphatic heterocycles. The summed E-state index contributed by atoms with van der Waals surface area (Å²) in [6.07, 6.45) is -7.34. The Morgan fingerprint density at radius 2 is 1.76 bits per heavy atom. The van der Waals surface area contributed by atoms with Gasteiger partial charge in [0.25, 0.3) is 0 Å². The highest BCUT2D eigenvalue weighted by molar-refractivity contribution is 6.23. The first kappa shape index (κ1) is 19.8. The van der Waals surface area contributed by atoms with Crippen LogP contribution in [0.3, 0.4) is 0 Å². The summed E-state index contributed by atoms with van der Waals surface area (Å²) in [4.78, 5) is 26.4. The van der Waals surface area contributed by atoms with Crippen LogP contribution in [0.5, 0.6) is 0 Å². The van der Waals surface area contributed by atoms with E-state index in [0.717, 1.165) is 26.0 Å². The maximum Gasteiger partial charge on any atom is 0.417 e.